The first-order valence-corrected chi connectivity index (χ1v) is 11.5. The van der Waals surface area contributed by atoms with E-state index in [9.17, 15) is 14.0 Å². The molecule has 0 aliphatic heterocycles. The maximum absolute atomic E-state index is 14.3. The van der Waals surface area contributed by atoms with Gasteiger partial charge in [0.05, 0.1) is 28.2 Å². The number of benzene rings is 3. The van der Waals surface area contributed by atoms with Crippen molar-refractivity contribution in [3.63, 3.8) is 0 Å². The van der Waals surface area contributed by atoms with Crippen LogP contribution in [0.4, 0.5) is 10.1 Å². The van der Waals surface area contributed by atoms with Crippen LogP contribution in [0.2, 0.25) is 0 Å². The number of nitrogens with one attached hydrogen (secondary N) is 1. The molecule has 0 aliphatic rings. The molecule has 3 N–H and O–H groups in total. The Bertz CT molecular complexity index is 1740. The lowest BCUT2D eigenvalue weighted by atomic mass is 9.98. The molecule has 5 rings (SSSR count). The molecular formula is C28H25FN4O3. The van der Waals surface area contributed by atoms with Crippen LogP contribution in [0.25, 0.3) is 33.2 Å². The van der Waals surface area contributed by atoms with Crippen LogP contribution in [0.5, 0.6) is 0 Å². The summed E-state index contributed by atoms with van der Waals surface area (Å²) in [5, 5.41) is 8.97. The topological polar surface area (TPSA) is 103 Å². The summed E-state index contributed by atoms with van der Waals surface area (Å²) in [4.78, 5) is 25.3. The van der Waals surface area contributed by atoms with Gasteiger partial charge in [-0.3, -0.25) is 14.3 Å². The molecule has 7 nitrogen and oxygen atoms in total. The third-order valence-corrected chi connectivity index (χ3v) is 6.37. The molecule has 36 heavy (non-hydrogen) atoms. The second-order valence-electron chi connectivity index (χ2n) is 9.09. The van der Waals surface area contributed by atoms with Gasteiger partial charge in [-0.1, -0.05) is 12.1 Å². The number of carbonyl (C=O) groups excluding carboxylic acids is 1. The van der Waals surface area contributed by atoms with Crippen LogP contribution in [-0.2, 0) is 7.05 Å². The van der Waals surface area contributed by atoms with Gasteiger partial charge in [-0.05, 0) is 62.7 Å². The minimum atomic E-state index is -0.868. The number of carbonyl (C=O) groups is 1. The molecule has 0 bridgehead atoms. The molecule has 0 spiro atoms. The molecule has 0 fully saturated rings. The Hall–Kier alpha value is -4.46. The highest BCUT2D eigenvalue weighted by Gasteiger charge is 2.21. The SMILES string of the molecule is Cc1cc([C@@H](C)Nc2cccc(F)c2C(N)=O)c2oc(-c3ccc4nn(C)cc4c3)c(C)c(=O)c2c1. The average Bonchev–Trinajstić information content (AvgIpc) is 3.20. The van der Waals surface area contributed by atoms with E-state index in [0.29, 0.717) is 27.9 Å². The summed E-state index contributed by atoms with van der Waals surface area (Å²) in [5.41, 5.74) is 9.45. The number of nitrogens with two attached hydrogens (primary N) is 1. The molecule has 0 unspecified atom stereocenters. The molecule has 0 saturated heterocycles. The molecule has 8 heteroatoms. The maximum Gasteiger partial charge on any atom is 0.253 e. The summed E-state index contributed by atoms with van der Waals surface area (Å²) in [7, 11) is 1.85. The lowest BCUT2D eigenvalue weighted by Gasteiger charge is -2.20. The zero-order valence-electron chi connectivity index (χ0n) is 20.3. The van der Waals surface area contributed by atoms with Crippen molar-refractivity contribution >= 4 is 33.5 Å². The van der Waals surface area contributed by atoms with Crippen molar-refractivity contribution in [3.8, 4) is 11.3 Å². The second-order valence-corrected chi connectivity index (χ2v) is 9.09. The van der Waals surface area contributed by atoms with Crippen LogP contribution >= 0.6 is 0 Å². The summed E-state index contributed by atoms with van der Waals surface area (Å²) in [6, 6.07) is 13.3. The Morgan fingerprint density at radius 2 is 1.94 bits per heavy atom. The van der Waals surface area contributed by atoms with Crippen molar-refractivity contribution in [1.29, 1.82) is 0 Å². The summed E-state index contributed by atoms with van der Waals surface area (Å²) >= 11 is 0. The predicted molar refractivity (Wildman–Crippen MR) is 139 cm³/mol. The molecule has 5 aromatic rings. The van der Waals surface area contributed by atoms with E-state index in [-0.39, 0.29) is 16.7 Å². The molecule has 0 saturated carbocycles. The van der Waals surface area contributed by atoms with E-state index in [0.717, 1.165) is 22.0 Å². The highest BCUT2D eigenvalue weighted by molar-refractivity contribution is 5.99. The fraction of sp³-hybridized carbons (Fsp3) is 0.179. The fourth-order valence-electron chi connectivity index (χ4n) is 4.66. The number of halogens is 1. The quantitative estimate of drug-likeness (QED) is 0.349. The highest BCUT2D eigenvalue weighted by atomic mass is 19.1. The molecule has 1 amide bonds. The molecule has 182 valence electrons. The van der Waals surface area contributed by atoms with E-state index in [4.69, 9.17) is 10.2 Å². The van der Waals surface area contributed by atoms with E-state index in [1.165, 1.54) is 12.1 Å². The van der Waals surface area contributed by atoms with Crippen molar-refractivity contribution in [2.75, 3.05) is 5.32 Å². The zero-order chi connectivity index (χ0) is 25.7. The van der Waals surface area contributed by atoms with Gasteiger partial charge >= 0.3 is 0 Å². The Balaban J connectivity index is 1.68. The molecule has 1 atom stereocenters. The zero-order valence-corrected chi connectivity index (χ0v) is 20.3. The minimum Gasteiger partial charge on any atom is -0.455 e. The van der Waals surface area contributed by atoms with Crippen molar-refractivity contribution in [2.24, 2.45) is 12.8 Å². The Labute approximate surface area is 206 Å². The van der Waals surface area contributed by atoms with Crippen molar-refractivity contribution in [1.82, 2.24) is 9.78 Å². The van der Waals surface area contributed by atoms with Crippen molar-refractivity contribution < 1.29 is 13.6 Å². The van der Waals surface area contributed by atoms with Crippen molar-refractivity contribution in [2.45, 2.75) is 26.8 Å². The first-order valence-electron chi connectivity index (χ1n) is 11.5. The van der Waals surface area contributed by atoms with Gasteiger partial charge in [0.1, 0.15) is 17.2 Å². The summed E-state index contributed by atoms with van der Waals surface area (Å²) in [6.07, 6.45) is 1.91. The van der Waals surface area contributed by atoms with Crippen LogP contribution < -0.4 is 16.5 Å². The molecule has 0 radical (unpaired) electrons. The summed E-state index contributed by atoms with van der Waals surface area (Å²) in [6.45, 7) is 5.50. The summed E-state index contributed by atoms with van der Waals surface area (Å²) < 4.78 is 22.5. The lowest BCUT2D eigenvalue weighted by Crippen LogP contribution is -2.18. The predicted octanol–water partition coefficient (Wildman–Crippen LogP) is 5.37. The van der Waals surface area contributed by atoms with Crippen molar-refractivity contribution in [3.05, 3.63) is 93.0 Å². The van der Waals surface area contributed by atoms with Gasteiger partial charge in [-0.2, -0.15) is 5.10 Å². The number of hydrogen-bond donors (Lipinski definition) is 2. The summed E-state index contributed by atoms with van der Waals surface area (Å²) in [5.74, 6) is -1.10. The Kier molecular flexibility index (Phi) is 5.59. The van der Waals surface area contributed by atoms with Crippen LogP contribution in [0.15, 0.2) is 63.9 Å². The van der Waals surface area contributed by atoms with E-state index < -0.39 is 17.8 Å². The molecular weight excluding hydrogens is 459 g/mol. The Morgan fingerprint density at radius 1 is 1.17 bits per heavy atom. The first kappa shape index (κ1) is 23.3. The van der Waals surface area contributed by atoms with E-state index in [1.807, 2.05) is 51.4 Å². The fourth-order valence-corrected chi connectivity index (χ4v) is 4.66. The van der Waals surface area contributed by atoms with Crippen LogP contribution in [0.3, 0.4) is 0 Å². The highest BCUT2D eigenvalue weighted by Crippen LogP contribution is 2.33. The van der Waals surface area contributed by atoms with E-state index in [1.54, 1.807) is 23.7 Å². The van der Waals surface area contributed by atoms with Crippen LogP contribution in [0, 0.1) is 19.7 Å². The maximum atomic E-state index is 14.3. The van der Waals surface area contributed by atoms with Gasteiger partial charge in [0.15, 0.2) is 5.43 Å². The standard InChI is InChI=1S/C28H25FN4O3/c1-14-10-19(16(3)31-23-7-5-6-21(29)24(23)28(30)35)27-20(11-14)25(34)15(2)26(36-27)17-8-9-22-18(12-17)13-33(4)32-22/h5-13,16,31H,1-4H3,(H2,30,35)/t16-/m1/s1. The number of hydrogen-bond acceptors (Lipinski definition) is 5. The number of fused-ring (bicyclic) bond motifs is 2. The van der Waals surface area contributed by atoms with Gasteiger partial charge in [0.2, 0.25) is 0 Å². The van der Waals surface area contributed by atoms with E-state index in [2.05, 4.69) is 10.4 Å². The molecule has 2 aromatic heterocycles. The molecule has 2 heterocycles. The Morgan fingerprint density at radius 3 is 2.69 bits per heavy atom. The lowest BCUT2D eigenvalue weighted by molar-refractivity contribution is 0.0997. The third kappa shape index (κ3) is 3.90. The number of aromatic nitrogens is 2. The van der Waals surface area contributed by atoms with Crippen LogP contribution in [0.1, 0.15) is 40.0 Å². The third-order valence-electron chi connectivity index (χ3n) is 6.37. The monoisotopic (exact) mass is 484 g/mol. The van der Waals surface area contributed by atoms with E-state index >= 15 is 0 Å². The van der Waals surface area contributed by atoms with Gasteiger partial charge in [-0.15, -0.1) is 0 Å². The number of anilines is 1. The first-order chi connectivity index (χ1) is 17.1. The second kappa shape index (κ2) is 8.64. The number of rotatable bonds is 5. The van der Waals surface area contributed by atoms with Gasteiger partial charge in [0, 0.05) is 35.3 Å². The van der Waals surface area contributed by atoms with Gasteiger partial charge in [0.25, 0.3) is 5.91 Å². The minimum absolute atomic E-state index is 0.127. The number of amides is 1. The normalized spacial score (nSPS) is 12.2. The smallest absolute Gasteiger partial charge is 0.253 e. The average molecular weight is 485 g/mol. The van der Waals surface area contributed by atoms with Crippen LogP contribution in [-0.4, -0.2) is 15.7 Å². The number of nitrogens with zero attached hydrogens (tertiary/aromatic N) is 2. The van der Waals surface area contributed by atoms with Gasteiger partial charge in [-0.25, -0.2) is 4.39 Å². The molecule has 3 aromatic carbocycles. The van der Waals surface area contributed by atoms with Gasteiger partial charge < -0.3 is 15.5 Å². The largest absolute Gasteiger partial charge is 0.455 e. The number of primary amides is 1. The molecule has 0 aliphatic carbocycles. The number of aryl methyl sites for hydroxylation is 2.